The second-order valence-electron chi connectivity index (χ2n) is 3.39. The zero-order chi connectivity index (χ0) is 12.3. The number of nitrogens with one attached hydrogen (secondary N) is 1. The largest absolute Gasteiger partial charge is 0.399 e. The van der Waals surface area contributed by atoms with E-state index < -0.39 is 16.1 Å². The molecule has 5 nitrogen and oxygen atoms in total. The molecule has 4 N–H and O–H groups in total. The zero-order valence-electron chi connectivity index (χ0n) is 8.64. The lowest BCUT2D eigenvalue weighted by atomic mass is 10.3. The van der Waals surface area contributed by atoms with Crippen molar-refractivity contribution in [3.63, 3.8) is 0 Å². The molecule has 0 fully saturated rings. The number of halogens is 1. The molecule has 16 heavy (non-hydrogen) atoms. The van der Waals surface area contributed by atoms with E-state index in [2.05, 4.69) is 4.72 Å². The first-order chi connectivity index (χ1) is 7.33. The highest BCUT2D eigenvalue weighted by Crippen LogP contribution is 2.23. The molecule has 0 bridgehead atoms. The maximum absolute atomic E-state index is 11.7. The normalized spacial score (nSPS) is 13.7. The van der Waals surface area contributed by atoms with Crippen LogP contribution in [0.1, 0.15) is 6.92 Å². The van der Waals surface area contributed by atoms with Gasteiger partial charge in [-0.05, 0) is 25.1 Å². The van der Waals surface area contributed by atoms with Crippen LogP contribution < -0.4 is 10.5 Å². The minimum Gasteiger partial charge on any atom is -0.399 e. The molecule has 0 unspecified atom stereocenters. The smallest absolute Gasteiger partial charge is 0.242 e. The lowest BCUT2D eigenvalue weighted by Gasteiger charge is -2.10. The molecule has 0 heterocycles. The van der Waals surface area contributed by atoms with Gasteiger partial charge in [0.25, 0.3) is 0 Å². The highest BCUT2D eigenvalue weighted by molar-refractivity contribution is 7.89. The number of hydrogen-bond donors (Lipinski definition) is 3. The maximum atomic E-state index is 11.7. The predicted molar refractivity (Wildman–Crippen MR) is 62.7 cm³/mol. The molecule has 1 atom stereocenters. The van der Waals surface area contributed by atoms with Gasteiger partial charge in [-0.25, -0.2) is 13.1 Å². The van der Waals surface area contributed by atoms with Gasteiger partial charge in [-0.2, -0.15) is 0 Å². The Morgan fingerprint density at radius 3 is 2.75 bits per heavy atom. The number of benzene rings is 1. The summed E-state index contributed by atoms with van der Waals surface area (Å²) in [5.41, 5.74) is 5.79. The summed E-state index contributed by atoms with van der Waals surface area (Å²) in [4.78, 5) is -0.0881. The lowest BCUT2D eigenvalue weighted by Crippen LogP contribution is -2.30. The van der Waals surface area contributed by atoms with Crippen LogP contribution >= 0.6 is 11.6 Å². The topological polar surface area (TPSA) is 92.4 Å². The molecule has 0 amide bonds. The molecule has 0 radical (unpaired) electrons. The van der Waals surface area contributed by atoms with Crippen LogP contribution in [0.3, 0.4) is 0 Å². The van der Waals surface area contributed by atoms with Crippen LogP contribution in [-0.2, 0) is 10.0 Å². The summed E-state index contributed by atoms with van der Waals surface area (Å²) in [7, 11) is -3.73. The van der Waals surface area contributed by atoms with Gasteiger partial charge in [0.15, 0.2) is 0 Å². The van der Waals surface area contributed by atoms with Crippen molar-refractivity contribution in [1.29, 1.82) is 0 Å². The van der Waals surface area contributed by atoms with E-state index in [-0.39, 0.29) is 16.5 Å². The Morgan fingerprint density at radius 1 is 1.56 bits per heavy atom. The summed E-state index contributed by atoms with van der Waals surface area (Å²) >= 11 is 5.76. The highest BCUT2D eigenvalue weighted by Gasteiger charge is 2.18. The highest BCUT2D eigenvalue weighted by atomic mass is 35.5. The monoisotopic (exact) mass is 264 g/mol. The minimum absolute atomic E-state index is 0.0759. The number of nitrogens with two attached hydrogens (primary N) is 1. The lowest BCUT2D eigenvalue weighted by molar-refractivity contribution is 0.198. The van der Waals surface area contributed by atoms with E-state index in [0.717, 1.165) is 0 Å². The van der Waals surface area contributed by atoms with Crippen molar-refractivity contribution in [3.05, 3.63) is 23.2 Å². The van der Waals surface area contributed by atoms with E-state index in [1.807, 2.05) is 0 Å². The first-order valence-corrected chi connectivity index (χ1v) is 6.42. The summed E-state index contributed by atoms with van der Waals surface area (Å²) < 4.78 is 25.7. The molecule has 0 aromatic heterocycles. The van der Waals surface area contributed by atoms with Gasteiger partial charge in [-0.15, -0.1) is 0 Å². The van der Waals surface area contributed by atoms with Crippen LogP contribution in [0.5, 0.6) is 0 Å². The van der Waals surface area contributed by atoms with Gasteiger partial charge in [0.1, 0.15) is 4.90 Å². The number of nitrogen functional groups attached to an aromatic ring is 1. The number of aliphatic hydroxyl groups excluding tert-OH is 1. The maximum Gasteiger partial charge on any atom is 0.242 e. The van der Waals surface area contributed by atoms with Gasteiger partial charge < -0.3 is 10.8 Å². The predicted octanol–water partition coefficient (Wildman–Crippen LogP) is 0.581. The number of rotatable bonds is 4. The molecule has 0 saturated carbocycles. The van der Waals surface area contributed by atoms with E-state index in [1.54, 1.807) is 0 Å². The molecular formula is C9H13ClN2O3S. The Hall–Kier alpha value is -0.820. The first kappa shape index (κ1) is 13.2. The molecule has 1 rings (SSSR count). The molecule has 0 aliphatic carbocycles. The standard InChI is InChI=1S/C9H13ClN2O3S/c1-6(13)5-12-16(14,15)9-4-7(11)2-3-8(9)10/h2-4,6,12-13H,5,11H2,1H3/t6-/m1/s1. The number of sulfonamides is 1. The third-order valence-corrected chi connectivity index (χ3v) is 3.72. The van der Waals surface area contributed by atoms with Crippen LogP contribution in [0.2, 0.25) is 5.02 Å². The average molecular weight is 265 g/mol. The van der Waals surface area contributed by atoms with Gasteiger partial charge >= 0.3 is 0 Å². The van der Waals surface area contributed by atoms with E-state index >= 15 is 0 Å². The van der Waals surface area contributed by atoms with Crippen LogP contribution in [0.4, 0.5) is 5.69 Å². The van der Waals surface area contributed by atoms with Gasteiger partial charge in [0.2, 0.25) is 10.0 Å². The van der Waals surface area contributed by atoms with Gasteiger partial charge in [-0.1, -0.05) is 11.6 Å². The third kappa shape index (κ3) is 3.34. The van der Waals surface area contributed by atoms with Crippen LogP contribution in [0.25, 0.3) is 0 Å². The van der Waals surface area contributed by atoms with E-state index in [9.17, 15) is 8.42 Å². The molecule has 7 heteroatoms. The van der Waals surface area contributed by atoms with Crippen LogP contribution in [-0.4, -0.2) is 26.2 Å². The fourth-order valence-electron chi connectivity index (χ4n) is 1.03. The van der Waals surface area contributed by atoms with Crippen LogP contribution in [0.15, 0.2) is 23.1 Å². The Morgan fingerprint density at radius 2 is 2.19 bits per heavy atom. The fourth-order valence-corrected chi connectivity index (χ4v) is 2.69. The van der Waals surface area contributed by atoms with E-state index in [0.29, 0.717) is 5.69 Å². The molecule has 0 saturated heterocycles. The summed E-state index contributed by atoms with van der Waals surface area (Å²) in [5.74, 6) is 0. The summed E-state index contributed by atoms with van der Waals surface area (Å²) in [6, 6.07) is 4.19. The number of hydrogen-bond acceptors (Lipinski definition) is 4. The van der Waals surface area contributed by atoms with Gasteiger partial charge in [-0.3, -0.25) is 0 Å². The molecule has 0 aliphatic rings. The van der Waals surface area contributed by atoms with Crippen molar-refractivity contribution in [2.24, 2.45) is 0 Å². The first-order valence-electron chi connectivity index (χ1n) is 4.55. The van der Waals surface area contributed by atoms with Crippen molar-refractivity contribution in [1.82, 2.24) is 4.72 Å². The summed E-state index contributed by atoms with van der Waals surface area (Å²) in [6.07, 6.45) is -0.769. The van der Waals surface area contributed by atoms with Gasteiger partial charge in [0, 0.05) is 12.2 Å². The molecule has 90 valence electrons. The van der Waals surface area contributed by atoms with Crippen molar-refractivity contribution in [2.75, 3.05) is 12.3 Å². The Bertz CT molecular complexity index is 474. The average Bonchev–Trinajstić information content (AvgIpc) is 2.19. The Balaban J connectivity index is 3.02. The van der Waals surface area contributed by atoms with Crippen molar-refractivity contribution in [3.8, 4) is 0 Å². The third-order valence-electron chi connectivity index (χ3n) is 1.81. The van der Waals surface area contributed by atoms with E-state index in [1.165, 1.54) is 25.1 Å². The fraction of sp³-hybridized carbons (Fsp3) is 0.333. The molecular weight excluding hydrogens is 252 g/mol. The number of anilines is 1. The quantitative estimate of drug-likeness (QED) is 0.694. The van der Waals surface area contributed by atoms with Crippen molar-refractivity contribution < 1.29 is 13.5 Å². The van der Waals surface area contributed by atoms with Gasteiger partial charge in [0.05, 0.1) is 11.1 Å². The minimum atomic E-state index is -3.73. The zero-order valence-corrected chi connectivity index (χ0v) is 10.2. The second kappa shape index (κ2) is 5.01. The SMILES string of the molecule is C[C@@H](O)CNS(=O)(=O)c1cc(N)ccc1Cl. The second-order valence-corrected chi connectivity index (χ2v) is 5.53. The van der Waals surface area contributed by atoms with E-state index in [4.69, 9.17) is 22.4 Å². The summed E-state index contributed by atoms with van der Waals surface area (Å²) in [5, 5.41) is 9.09. The molecule has 1 aromatic carbocycles. The Kier molecular flexibility index (Phi) is 4.15. The number of aliphatic hydroxyl groups is 1. The molecule has 0 spiro atoms. The summed E-state index contributed by atoms with van der Waals surface area (Å²) in [6.45, 7) is 1.40. The Labute approximate surface area is 99.3 Å². The molecule has 0 aliphatic heterocycles. The molecule has 1 aromatic rings. The van der Waals surface area contributed by atoms with Crippen molar-refractivity contribution >= 4 is 27.3 Å². The van der Waals surface area contributed by atoms with Crippen molar-refractivity contribution in [2.45, 2.75) is 17.9 Å². The van der Waals surface area contributed by atoms with Crippen LogP contribution in [0, 0.1) is 0 Å².